The first kappa shape index (κ1) is 16.8. The number of fused-ring (bicyclic) bond motifs is 2. The Balaban J connectivity index is 1.74. The van der Waals surface area contributed by atoms with Gasteiger partial charge in [0.2, 0.25) is 0 Å². The molecule has 2 aromatic carbocycles. The Morgan fingerprint density at radius 2 is 1.77 bits per heavy atom. The number of aryl methyl sites for hydroxylation is 1. The van der Waals surface area contributed by atoms with Gasteiger partial charge >= 0.3 is 0 Å². The topological polar surface area (TPSA) is 46.5 Å². The molecular formula is C22H21FO3. The lowest BCUT2D eigenvalue weighted by Gasteiger charge is -2.23. The molecule has 3 nitrogen and oxygen atoms in total. The molecule has 0 saturated heterocycles. The summed E-state index contributed by atoms with van der Waals surface area (Å²) in [5, 5.41) is 10.7. The van der Waals surface area contributed by atoms with Crippen LogP contribution in [0.25, 0.3) is 5.57 Å². The Morgan fingerprint density at radius 1 is 1.08 bits per heavy atom. The molecule has 0 unspecified atom stereocenters. The van der Waals surface area contributed by atoms with Crippen LogP contribution >= 0.6 is 0 Å². The molecular weight excluding hydrogens is 331 g/mol. The zero-order valence-corrected chi connectivity index (χ0v) is 14.7. The maximum atomic E-state index is 13.1. The molecule has 0 heterocycles. The van der Waals surface area contributed by atoms with E-state index in [1.54, 1.807) is 12.1 Å². The number of aliphatic hydroxyl groups is 1. The first-order valence-electron chi connectivity index (χ1n) is 9.11. The van der Waals surface area contributed by atoms with Gasteiger partial charge < -0.3 is 9.84 Å². The van der Waals surface area contributed by atoms with Gasteiger partial charge in [0, 0.05) is 11.8 Å². The zero-order valence-electron chi connectivity index (χ0n) is 14.7. The third kappa shape index (κ3) is 2.90. The van der Waals surface area contributed by atoms with Crippen molar-refractivity contribution in [2.75, 3.05) is 0 Å². The van der Waals surface area contributed by atoms with E-state index in [0.717, 1.165) is 36.8 Å². The maximum Gasteiger partial charge on any atom is 0.169 e. The van der Waals surface area contributed by atoms with Crippen LogP contribution in [0, 0.1) is 17.7 Å². The average Bonchev–Trinajstić information content (AvgIpc) is 3.10. The highest BCUT2D eigenvalue weighted by Gasteiger charge is 2.41. The van der Waals surface area contributed by atoms with Crippen LogP contribution in [0.5, 0.6) is 11.5 Å². The van der Waals surface area contributed by atoms with Gasteiger partial charge in [0.15, 0.2) is 5.78 Å². The van der Waals surface area contributed by atoms with Gasteiger partial charge in [-0.3, -0.25) is 4.79 Å². The molecule has 2 aliphatic carbocycles. The fourth-order valence-corrected chi connectivity index (χ4v) is 4.07. The third-order valence-corrected chi connectivity index (χ3v) is 5.47. The first-order valence-corrected chi connectivity index (χ1v) is 9.11. The van der Waals surface area contributed by atoms with Crippen molar-refractivity contribution in [3.05, 3.63) is 65.2 Å². The Morgan fingerprint density at radius 3 is 2.50 bits per heavy atom. The van der Waals surface area contributed by atoms with Crippen LogP contribution in [-0.2, 0) is 11.2 Å². The van der Waals surface area contributed by atoms with Crippen molar-refractivity contribution >= 4 is 11.4 Å². The largest absolute Gasteiger partial charge is 0.511 e. The number of halogens is 1. The van der Waals surface area contributed by atoms with Gasteiger partial charge in [-0.15, -0.1) is 0 Å². The molecule has 0 amide bonds. The second-order valence-electron chi connectivity index (χ2n) is 7.06. The SMILES string of the molecule is CCc1ccc(Oc2ccc(F)cc2)cc1C1=C(O)[C@H]2CC[C@H](C2)C1=O. The van der Waals surface area contributed by atoms with Crippen LogP contribution in [0.4, 0.5) is 4.39 Å². The third-order valence-electron chi connectivity index (χ3n) is 5.47. The van der Waals surface area contributed by atoms with E-state index in [4.69, 9.17) is 4.74 Å². The van der Waals surface area contributed by atoms with E-state index < -0.39 is 0 Å². The molecule has 0 spiro atoms. The minimum absolute atomic E-state index is 0.0253. The highest BCUT2D eigenvalue weighted by Crippen LogP contribution is 2.46. The average molecular weight is 352 g/mol. The van der Waals surface area contributed by atoms with Crippen LogP contribution < -0.4 is 4.74 Å². The number of hydrogen-bond acceptors (Lipinski definition) is 3. The number of aliphatic hydroxyl groups excluding tert-OH is 1. The van der Waals surface area contributed by atoms with Crippen molar-refractivity contribution in [3.8, 4) is 11.5 Å². The summed E-state index contributed by atoms with van der Waals surface area (Å²) in [6, 6.07) is 11.4. The second kappa shape index (κ2) is 6.60. The number of benzene rings is 2. The number of Topliss-reactive ketones (excluding diaryl/α,β-unsaturated/α-hetero) is 1. The highest BCUT2D eigenvalue weighted by atomic mass is 19.1. The fraction of sp³-hybridized carbons (Fsp3) is 0.318. The highest BCUT2D eigenvalue weighted by molar-refractivity contribution is 6.23. The van der Waals surface area contributed by atoms with Crippen molar-refractivity contribution < 1.29 is 19.0 Å². The van der Waals surface area contributed by atoms with Crippen LogP contribution in [0.2, 0.25) is 0 Å². The summed E-state index contributed by atoms with van der Waals surface area (Å²) >= 11 is 0. The lowest BCUT2D eigenvalue weighted by Crippen LogP contribution is -2.21. The van der Waals surface area contributed by atoms with Crippen molar-refractivity contribution in [2.45, 2.75) is 32.6 Å². The summed E-state index contributed by atoms with van der Waals surface area (Å²) < 4.78 is 18.9. The molecule has 0 aromatic heterocycles. The summed E-state index contributed by atoms with van der Waals surface area (Å²) in [6.07, 6.45) is 3.25. The van der Waals surface area contributed by atoms with Crippen molar-refractivity contribution in [2.24, 2.45) is 11.8 Å². The summed E-state index contributed by atoms with van der Waals surface area (Å²) in [7, 11) is 0. The second-order valence-corrected chi connectivity index (χ2v) is 7.06. The summed E-state index contributed by atoms with van der Waals surface area (Å²) in [5.74, 6) is 1.17. The predicted octanol–water partition coefficient (Wildman–Crippen LogP) is 5.45. The molecule has 4 rings (SSSR count). The first-order chi connectivity index (χ1) is 12.6. The Hall–Kier alpha value is -2.62. The number of ether oxygens (including phenoxy) is 1. The van der Waals surface area contributed by atoms with Crippen LogP contribution in [0.3, 0.4) is 0 Å². The van der Waals surface area contributed by atoms with Gasteiger partial charge in [-0.2, -0.15) is 0 Å². The molecule has 1 N–H and O–H groups in total. The molecule has 2 bridgehead atoms. The van der Waals surface area contributed by atoms with Gasteiger partial charge in [0.25, 0.3) is 0 Å². The molecule has 2 aromatic rings. The van der Waals surface area contributed by atoms with E-state index in [0.29, 0.717) is 17.1 Å². The summed E-state index contributed by atoms with van der Waals surface area (Å²) in [6.45, 7) is 2.03. The molecule has 1 fully saturated rings. The number of allylic oxidation sites excluding steroid dienone is 2. The fourth-order valence-electron chi connectivity index (χ4n) is 4.07. The summed E-state index contributed by atoms with van der Waals surface area (Å²) in [4.78, 5) is 12.9. The molecule has 0 aliphatic heterocycles. The van der Waals surface area contributed by atoms with E-state index in [-0.39, 0.29) is 29.2 Å². The zero-order chi connectivity index (χ0) is 18.3. The standard InChI is InChI=1S/C22H21FO3/c1-2-13-5-8-18(26-17-9-6-16(23)7-10-17)12-19(13)20-21(24)14-3-4-15(11-14)22(20)25/h5-10,12,14-15,24H,2-4,11H2,1H3/t14-,15+/m0/s1. The van der Waals surface area contributed by atoms with Gasteiger partial charge in [-0.25, -0.2) is 4.39 Å². The van der Waals surface area contributed by atoms with Gasteiger partial charge in [0.05, 0.1) is 5.57 Å². The molecule has 134 valence electrons. The van der Waals surface area contributed by atoms with Gasteiger partial charge in [-0.1, -0.05) is 13.0 Å². The van der Waals surface area contributed by atoms with Crippen LogP contribution in [0.15, 0.2) is 48.2 Å². The monoisotopic (exact) mass is 352 g/mol. The summed E-state index contributed by atoms with van der Waals surface area (Å²) in [5.41, 5.74) is 2.23. The smallest absolute Gasteiger partial charge is 0.169 e. The molecule has 4 heteroatoms. The van der Waals surface area contributed by atoms with E-state index in [2.05, 4.69) is 0 Å². The van der Waals surface area contributed by atoms with Gasteiger partial charge in [0.1, 0.15) is 23.1 Å². The van der Waals surface area contributed by atoms with Crippen LogP contribution in [-0.4, -0.2) is 10.9 Å². The minimum atomic E-state index is -0.322. The number of carbonyl (C=O) groups excluding carboxylic acids is 1. The molecule has 26 heavy (non-hydrogen) atoms. The van der Waals surface area contributed by atoms with Crippen LogP contribution in [0.1, 0.15) is 37.3 Å². The van der Waals surface area contributed by atoms with Crippen molar-refractivity contribution in [3.63, 3.8) is 0 Å². The number of rotatable bonds is 4. The number of ketones is 1. The maximum absolute atomic E-state index is 13.1. The Labute approximate surface area is 152 Å². The van der Waals surface area contributed by atoms with E-state index >= 15 is 0 Å². The Bertz CT molecular complexity index is 883. The lowest BCUT2D eigenvalue weighted by atomic mass is 9.81. The molecule has 2 aliphatic rings. The molecule has 1 saturated carbocycles. The molecule has 2 atom stereocenters. The predicted molar refractivity (Wildman–Crippen MR) is 97.7 cm³/mol. The number of carbonyl (C=O) groups is 1. The van der Waals surface area contributed by atoms with E-state index in [1.165, 1.54) is 12.1 Å². The molecule has 0 radical (unpaired) electrons. The van der Waals surface area contributed by atoms with Gasteiger partial charge in [-0.05, 0) is 73.2 Å². The lowest BCUT2D eigenvalue weighted by molar-refractivity contribution is -0.117. The van der Waals surface area contributed by atoms with E-state index in [9.17, 15) is 14.3 Å². The number of hydrogen-bond donors (Lipinski definition) is 1. The van der Waals surface area contributed by atoms with Crippen molar-refractivity contribution in [1.82, 2.24) is 0 Å². The Kier molecular flexibility index (Phi) is 4.27. The minimum Gasteiger partial charge on any atom is -0.511 e. The quantitative estimate of drug-likeness (QED) is 0.796. The van der Waals surface area contributed by atoms with Crippen molar-refractivity contribution in [1.29, 1.82) is 0 Å². The normalized spacial score (nSPS) is 22.0. The van der Waals surface area contributed by atoms with E-state index in [1.807, 2.05) is 25.1 Å².